The van der Waals surface area contributed by atoms with Crippen molar-refractivity contribution in [3.63, 3.8) is 0 Å². The van der Waals surface area contributed by atoms with Crippen molar-refractivity contribution in [2.45, 2.75) is 6.92 Å². The van der Waals surface area contributed by atoms with E-state index in [1.807, 2.05) is 13.0 Å². The number of carboxylic acid groups (broad SMARTS) is 1. The highest BCUT2D eigenvalue weighted by Crippen LogP contribution is 2.32. The molecular weight excluding hydrogens is 294 g/mol. The van der Waals surface area contributed by atoms with E-state index in [1.165, 1.54) is 0 Å². The normalized spacial score (nSPS) is 16.7. The largest absolute Gasteiger partial charge is 0.496 e. The minimum atomic E-state index is -1.23. The highest BCUT2D eigenvalue weighted by Gasteiger charge is 2.36. The van der Waals surface area contributed by atoms with E-state index in [9.17, 15) is 14.4 Å². The van der Waals surface area contributed by atoms with E-state index in [0.717, 1.165) is 17.3 Å². The number of carboxylic acids is 1. The fourth-order valence-corrected chi connectivity index (χ4v) is 2.69. The van der Waals surface area contributed by atoms with Crippen LogP contribution in [0.25, 0.3) is 6.08 Å². The Hall–Kier alpha value is -2.28. The molecule has 1 N–H and O–H groups in total. The molecular formula is C14H13NO5S. The number of imide groups is 1. The smallest absolute Gasteiger partial charge is 0.323 e. The molecule has 1 saturated heterocycles. The Kier molecular flexibility index (Phi) is 4.32. The van der Waals surface area contributed by atoms with Gasteiger partial charge in [-0.25, -0.2) is 0 Å². The number of carbonyl (C=O) groups excluding carboxylic acids is 2. The average molecular weight is 307 g/mol. The molecule has 0 atom stereocenters. The summed E-state index contributed by atoms with van der Waals surface area (Å²) in [5, 5.41) is 8.12. The van der Waals surface area contributed by atoms with Crippen LogP contribution in [0.5, 0.6) is 5.75 Å². The van der Waals surface area contributed by atoms with Gasteiger partial charge in [0.05, 0.1) is 12.0 Å². The maximum atomic E-state index is 12.0. The number of aliphatic carboxylic acids is 1. The highest BCUT2D eigenvalue weighted by atomic mass is 32.2. The van der Waals surface area contributed by atoms with Crippen LogP contribution < -0.4 is 4.74 Å². The van der Waals surface area contributed by atoms with Crippen LogP contribution in [-0.2, 0) is 9.59 Å². The second kappa shape index (κ2) is 6.01. The van der Waals surface area contributed by atoms with Crippen LogP contribution in [0.15, 0.2) is 23.1 Å². The number of thioether (sulfide) groups is 1. The van der Waals surface area contributed by atoms with Gasteiger partial charge in [0.15, 0.2) is 0 Å². The van der Waals surface area contributed by atoms with E-state index >= 15 is 0 Å². The summed E-state index contributed by atoms with van der Waals surface area (Å²) in [4.78, 5) is 35.2. The van der Waals surface area contributed by atoms with Gasteiger partial charge in [-0.05, 0) is 42.0 Å². The van der Waals surface area contributed by atoms with Gasteiger partial charge in [-0.2, -0.15) is 0 Å². The van der Waals surface area contributed by atoms with Crippen LogP contribution >= 0.6 is 11.8 Å². The second-order valence-electron chi connectivity index (χ2n) is 4.39. The molecule has 1 aliphatic rings. The third-order valence-electron chi connectivity index (χ3n) is 2.90. The predicted octanol–water partition coefficient (Wildman–Crippen LogP) is 2.12. The molecule has 6 nitrogen and oxygen atoms in total. The lowest BCUT2D eigenvalue weighted by Gasteiger charge is -2.08. The number of nitrogens with zero attached hydrogens (tertiary/aromatic N) is 1. The summed E-state index contributed by atoms with van der Waals surface area (Å²) in [6, 6.07) is 5.38. The fourth-order valence-electron chi connectivity index (χ4n) is 1.85. The first kappa shape index (κ1) is 15.1. The molecule has 1 fully saturated rings. The summed E-state index contributed by atoms with van der Waals surface area (Å²) in [6.07, 6.45) is 1.55. The van der Waals surface area contributed by atoms with Gasteiger partial charge >= 0.3 is 5.97 Å². The maximum Gasteiger partial charge on any atom is 0.323 e. The Balaban J connectivity index is 2.28. The molecule has 1 heterocycles. The van der Waals surface area contributed by atoms with Gasteiger partial charge < -0.3 is 9.84 Å². The molecule has 1 aliphatic heterocycles. The van der Waals surface area contributed by atoms with Gasteiger partial charge in [0.1, 0.15) is 12.3 Å². The summed E-state index contributed by atoms with van der Waals surface area (Å²) in [5.74, 6) is -1.14. The molecule has 7 heteroatoms. The molecule has 0 aliphatic carbocycles. The van der Waals surface area contributed by atoms with Crippen LogP contribution in [-0.4, -0.2) is 40.8 Å². The third kappa shape index (κ3) is 3.25. The minimum Gasteiger partial charge on any atom is -0.496 e. The Bertz CT molecular complexity index is 653. The third-order valence-corrected chi connectivity index (χ3v) is 3.80. The first-order chi connectivity index (χ1) is 9.92. The maximum absolute atomic E-state index is 12.0. The van der Waals surface area contributed by atoms with Gasteiger partial charge in [0.2, 0.25) is 0 Å². The summed E-state index contributed by atoms with van der Waals surface area (Å²) in [5.41, 5.74) is 1.66. The summed E-state index contributed by atoms with van der Waals surface area (Å²) >= 11 is 0.731. The van der Waals surface area contributed by atoms with Crippen molar-refractivity contribution < 1.29 is 24.2 Å². The standard InChI is InChI=1S/C14H13NO5S/c1-8-3-4-9(5-10(8)20-2)6-11-13(18)15(7-12(16)17)14(19)21-11/h3-6H,7H2,1-2H3,(H,16,17)/b11-6-. The number of ether oxygens (including phenoxy) is 1. The topological polar surface area (TPSA) is 83.9 Å². The number of rotatable bonds is 4. The molecule has 110 valence electrons. The van der Waals surface area contributed by atoms with Crippen molar-refractivity contribution in [2.24, 2.45) is 0 Å². The van der Waals surface area contributed by atoms with Gasteiger partial charge in [-0.1, -0.05) is 12.1 Å². The number of hydrogen-bond acceptors (Lipinski definition) is 5. The molecule has 0 bridgehead atoms. The van der Waals surface area contributed by atoms with Crippen LogP contribution in [0.2, 0.25) is 0 Å². The zero-order valence-corrected chi connectivity index (χ0v) is 12.3. The molecule has 2 amide bonds. The first-order valence-electron chi connectivity index (χ1n) is 6.04. The van der Waals surface area contributed by atoms with Crippen LogP contribution in [0.1, 0.15) is 11.1 Å². The zero-order valence-electron chi connectivity index (χ0n) is 11.5. The SMILES string of the molecule is COc1cc(/C=C2\SC(=O)N(CC(=O)O)C2=O)ccc1C. The molecule has 1 aromatic rings. The van der Waals surface area contributed by atoms with E-state index in [4.69, 9.17) is 9.84 Å². The predicted molar refractivity (Wildman–Crippen MR) is 78.0 cm³/mol. The lowest BCUT2D eigenvalue weighted by Crippen LogP contribution is -2.33. The van der Waals surface area contributed by atoms with Crippen LogP contribution in [0.4, 0.5) is 4.79 Å². The van der Waals surface area contributed by atoms with Gasteiger partial charge in [0, 0.05) is 0 Å². The van der Waals surface area contributed by atoms with Gasteiger partial charge in [-0.15, -0.1) is 0 Å². The average Bonchev–Trinajstić information content (AvgIpc) is 2.68. The Morgan fingerprint density at radius 3 is 2.76 bits per heavy atom. The quantitative estimate of drug-likeness (QED) is 0.858. The molecule has 0 spiro atoms. The van der Waals surface area contributed by atoms with Gasteiger partial charge in [-0.3, -0.25) is 19.3 Å². The van der Waals surface area contributed by atoms with Gasteiger partial charge in [0.25, 0.3) is 11.1 Å². The second-order valence-corrected chi connectivity index (χ2v) is 5.38. The lowest BCUT2D eigenvalue weighted by atomic mass is 10.1. The number of methoxy groups -OCH3 is 1. The molecule has 21 heavy (non-hydrogen) atoms. The number of amides is 2. The number of carbonyl (C=O) groups is 3. The van der Waals surface area contributed by atoms with E-state index in [1.54, 1.807) is 25.3 Å². The van der Waals surface area contributed by atoms with Crippen molar-refractivity contribution >= 4 is 35.0 Å². The molecule has 0 aromatic heterocycles. The number of aryl methyl sites for hydroxylation is 1. The molecule has 1 aromatic carbocycles. The van der Waals surface area contributed by atoms with E-state index < -0.39 is 23.7 Å². The fraction of sp³-hybridized carbons (Fsp3) is 0.214. The van der Waals surface area contributed by atoms with Crippen molar-refractivity contribution in [1.82, 2.24) is 4.90 Å². The lowest BCUT2D eigenvalue weighted by molar-refractivity contribution is -0.140. The highest BCUT2D eigenvalue weighted by molar-refractivity contribution is 8.18. The van der Waals surface area contributed by atoms with Crippen molar-refractivity contribution in [3.05, 3.63) is 34.2 Å². The molecule has 2 rings (SSSR count). The minimum absolute atomic E-state index is 0.201. The van der Waals surface area contributed by atoms with Crippen molar-refractivity contribution in [2.75, 3.05) is 13.7 Å². The van der Waals surface area contributed by atoms with E-state index in [0.29, 0.717) is 16.2 Å². The monoisotopic (exact) mass is 307 g/mol. The molecule has 0 saturated carbocycles. The Morgan fingerprint density at radius 2 is 2.14 bits per heavy atom. The summed E-state index contributed by atoms with van der Waals surface area (Å²) < 4.78 is 5.20. The Morgan fingerprint density at radius 1 is 1.43 bits per heavy atom. The Labute approximate surface area is 125 Å². The number of benzene rings is 1. The molecule has 0 unspecified atom stereocenters. The van der Waals surface area contributed by atoms with E-state index in [-0.39, 0.29) is 4.91 Å². The van der Waals surface area contributed by atoms with E-state index in [2.05, 4.69) is 0 Å². The summed E-state index contributed by atoms with van der Waals surface area (Å²) in [6.45, 7) is 1.27. The van der Waals surface area contributed by atoms with Crippen LogP contribution in [0, 0.1) is 6.92 Å². The van der Waals surface area contributed by atoms with Crippen molar-refractivity contribution in [1.29, 1.82) is 0 Å². The molecule has 0 radical (unpaired) electrons. The zero-order chi connectivity index (χ0) is 15.6. The number of hydrogen-bond donors (Lipinski definition) is 1. The summed E-state index contributed by atoms with van der Waals surface area (Å²) in [7, 11) is 1.55. The first-order valence-corrected chi connectivity index (χ1v) is 6.86. The van der Waals surface area contributed by atoms with Crippen molar-refractivity contribution in [3.8, 4) is 5.75 Å². The van der Waals surface area contributed by atoms with Crippen LogP contribution in [0.3, 0.4) is 0 Å².